The first-order valence-electron chi connectivity index (χ1n) is 17.7. The summed E-state index contributed by atoms with van der Waals surface area (Å²) in [5.74, 6) is -1.07. The van der Waals surface area contributed by atoms with Crippen LogP contribution in [0.3, 0.4) is 0 Å². The predicted octanol–water partition coefficient (Wildman–Crippen LogP) is 1.91. The van der Waals surface area contributed by atoms with Crippen molar-refractivity contribution in [1.29, 1.82) is 0 Å². The topological polar surface area (TPSA) is 223 Å². The van der Waals surface area contributed by atoms with Gasteiger partial charge in [-0.3, -0.25) is 24.2 Å². The van der Waals surface area contributed by atoms with Gasteiger partial charge in [0.05, 0.1) is 44.1 Å². The number of methoxy groups -OCH3 is 1. The number of nitrogen functional groups attached to an aromatic ring is 1. The summed E-state index contributed by atoms with van der Waals surface area (Å²) in [6, 6.07) is 7.19. The van der Waals surface area contributed by atoms with Gasteiger partial charge in [0.1, 0.15) is 17.3 Å². The lowest BCUT2D eigenvalue weighted by molar-refractivity contribution is -0.138. The Morgan fingerprint density at radius 2 is 1.79 bits per heavy atom. The molecule has 0 spiro atoms. The fourth-order valence-electron chi connectivity index (χ4n) is 5.93. The number of nitrogens with one attached hydrogen (secondary N) is 2. The van der Waals surface area contributed by atoms with Crippen molar-refractivity contribution in [3.8, 4) is 5.75 Å². The summed E-state index contributed by atoms with van der Waals surface area (Å²) >= 11 is 0.922. The van der Waals surface area contributed by atoms with Gasteiger partial charge in [-0.1, -0.05) is 31.9 Å². The fraction of sp³-hybridized carbons (Fsp3) is 0.571. The van der Waals surface area contributed by atoms with E-state index < -0.39 is 35.6 Å². The number of nitrogens with two attached hydrogens (primary N) is 2. The standard InChI is InChI=1S/C35H53N9O7S/c1-3-4-5-9-38-32-31-27(40-35(37)41-32)8-11-44(31)22-25-7-6-24(19-28(25)50-2)21-43-14-12-42(13-15-43)16-18-51-17-10-39-33(47)29(20-30(45)46)52-23-26(36)34(48)49/h6-8,11,19,26,29H,3-5,9-10,12-18,20-23,36H2,1-2H3,(H,39,47)(H,45,46)(H,48,49)(H3,37,38,40,41)/t26-,29?/m0/s1. The molecule has 286 valence electrons. The molecular weight excluding hydrogens is 691 g/mol. The van der Waals surface area contributed by atoms with Crippen LogP contribution in [0.1, 0.15) is 43.7 Å². The number of hydrogen-bond donors (Lipinski definition) is 6. The number of carboxylic acid groups (broad SMARTS) is 2. The summed E-state index contributed by atoms with van der Waals surface area (Å²) in [5.41, 5.74) is 15.4. The van der Waals surface area contributed by atoms with Crippen molar-refractivity contribution in [2.24, 2.45) is 5.73 Å². The quantitative estimate of drug-likeness (QED) is 0.0764. The summed E-state index contributed by atoms with van der Waals surface area (Å²) in [5, 5.41) is 23.2. The van der Waals surface area contributed by atoms with Crippen LogP contribution in [0.5, 0.6) is 5.75 Å². The number of unbranched alkanes of at least 4 members (excludes halogenated alkanes) is 2. The molecule has 0 radical (unpaired) electrons. The van der Waals surface area contributed by atoms with E-state index in [9.17, 15) is 14.4 Å². The number of aliphatic carboxylic acids is 2. The summed E-state index contributed by atoms with van der Waals surface area (Å²) in [7, 11) is 1.70. The molecule has 1 fully saturated rings. The first-order chi connectivity index (χ1) is 25.1. The molecule has 1 aromatic carbocycles. The highest BCUT2D eigenvalue weighted by Crippen LogP contribution is 2.27. The lowest BCUT2D eigenvalue weighted by Gasteiger charge is -2.34. The molecule has 0 saturated carbocycles. The molecule has 1 aliphatic rings. The minimum atomic E-state index is -1.20. The third-order valence-electron chi connectivity index (χ3n) is 8.81. The van der Waals surface area contributed by atoms with Gasteiger partial charge in [-0.2, -0.15) is 4.98 Å². The molecule has 0 aliphatic carbocycles. The van der Waals surface area contributed by atoms with Crippen LogP contribution in [0.25, 0.3) is 11.0 Å². The molecule has 2 atom stereocenters. The summed E-state index contributed by atoms with van der Waals surface area (Å²) in [4.78, 5) is 48.3. The molecule has 1 unspecified atom stereocenters. The molecule has 8 N–H and O–H groups in total. The van der Waals surface area contributed by atoms with Gasteiger partial charge >= 0.3 is 11.9 Å². The van der Waals surface area contributed by atoms with Crippen molar-refractivity contribution >= 4 is 52.4 Å². The fourth-order valence-corrected chi connectivity index (χ4v) is 7.00. The van der Waals surface area contributed by atoms with Crippen LogP contribution in [0.2, 0.25) is 0 Å². The second kappa shape index (κ2) is 20.8. The molecule has 52 heavy (non-hydrogen) atoms. The van der Waals surface area contributed by atoms with Gasteiger partial charge < -0.3 is 46.4 Å². The van der Waals surface area contributed by atoms with Crippen LogP contribution in [-0.2, 0) is 32.2 Å². The number of aromatic nitrogens is 3. The molecule has 1 amide bonds. The Kier molecular flexibility index (Phi) is 16.2. The number of carbonyl (C=O) groups is 3. The zero-order valence-electron chi connectivity index (χ0n) is 30.1. The van der Waals surface area contributed by atoms with Gasteiger partial charge in [0, 0.05) is 69.9 Å². The van der Waals surface area contributed by atoms with Gasteiger partial charge in [0.2, 0.25) is 11.9 Å². The summed E-state index contributed by atoms with van der Waals surface area (Å²) < 4.78 is 13.7. The summed E-state index contributed by atoms with van der Waals surface area (Å²) in [6.07, 6.45) is 4.94. The maximum Gasteiger partial charge on any atom is 0.321 e. The van der Waals surface area contributed by atoms with Crippen LogP contribution in [0.15, 0.2) is 30.5 Å². The Morgan fingerprint density at radius 3 is 2.50 bits per heavy atom. The zero-order valence-corrected chi connectivity index (χ0v) is 30.9. The normalized spacial score (nSPS) is 15.0. The molecule has 3 heterocycles. The van der Waals surface area contributed by atoms with Crippen LogP contribution < -0.4 is 26.8 Å². The lowest BCUT2D eigenvalue weighted by atomic mass is 10.1. The number of carbonyl (C=O) groups excluding carboxylic acids is 1. The predicted molar refractivity (Wildman–Crippen MR) is 202 cm³/mol. The van der Waals surface area contributed by atoms with E-state index in [1.165, 1.54) is 5.56 Å². The highest BCUT2D eigenvalue weighted by Gasteiger charge is 2.25. The molecular formula is C35H53N9O7S. The van der Waals surface area contributed by atoms with Gasteiger partial charge in [0.25, 0.3) is 0 Å². The first-order valence-corrected chi connectivity index (χ1v) is 18.8. The number of rotatable bonds is 23. The Balaban J connectivity index is 1.19. The van der Waals surface area contributed by atoms with E-state index in [1.54, 1.807) is 7.11 Å². The lowest BCUT2D eigenvalue weighted by Crippen LogP contribution is -2.46. The number of carboxylic acids is 2. The molecule has 16 nitrogen and oxygen atoms in total. The number of amides is 1. The van der Waals surface area contributed by atoms with E-state index in [0.29, 0.717) is 13.2 Å². The van der Waals surface area contributed by atoms with Crippen LogP contribution >= 0.6 is 11.8 Å². The number of ether oxygens (including phenoxy) is 2. The van der Waals surface area contributed by atoms with Crippen molar-refractivity contribution in [1.82, 2.24) is 29.7 Å². The Labute approximate surface area is 308 Å². The zero-order chi connectivity index (χ0) is 37.5. The first kappa shape index (κ1) is 40.6. The van der Waals surface area contributed by atoms with E-state index >= 15 is 0 Å². The molecule has 3 aromatic rings. The number of anilines is 2. The Morgan fingerprint density at radius 1 is 1.02 bits per heavy atom. The largest absolute Gasteiger partial charge is 0.496 e. The average Bonchev–Trinajstić information content (AvgIpc) is 3.52. The Bertz CT molecular complexity index is 1620. The minimum absolute atomic E-state index is 0.0662. The van der Waals surface area contributed by atoms with Crippen molar-refractivity contribution in [3.63, 3.8) is 0 Å². The number of thioether (sulfide) groups is 1. The maximum absolute atomic E-state index is 12.5. The van der Waals surface area contributed by atoms with Gasteiger partial charge in [-0.15, -0.1) is 11.8 Å². The monoisotopic (exact) mass is 743 g/mol. The molecule has 0 bridgehead atoms. The SMILES string of the molecule is CCCCCNc1nc(N)nc2ccn(Cc3ccc(CN4CCN(CCOCCNC(=O)C(CC(=O)O)SC[C@H](N)C(=O)O)CC4)cc3OC)c12. The summed E-state index contributed by atoms with van der Waals surface area (Å²) in [6.45, 7) is 9.83. The van der Waals surface area contributed by atoms with E-state index in [4.69, 9.17) is 31.2 Å². The van der Waals surface area contributed by atoms with Crippen LogP contribution in [0, 0.1) is 0 Å². The van der Waals surface area contributed by atoms with Gasteiger partial charge in [-0.05, 0) is 24.1 Å². The van der Waals surface area contributed by atoms with Crippen molar-refractivity contribution in [2.45, 2.75) is 57.0 Å². The highest BCUT2D eigenvalue weighted by atomic mass is 32.2. The van der Waals surface area contributed by atoms with E-state index in [0.717, 1.165) is 105 Å². The van der Waals surface area contributed by atoms with E-state index in [2.05, 4.69) is 60.1 Å². The number of nitrogens with zero attached hydrogens (tertiary/aromatic N) is 5. The smallest absolute Gasteiger partial charge is 0.321 e. The van der Waals surface area contributed by atoms with Crippen molar-refractivity contribution in [2.75, 3.05) is 82.9 Å². The minimum Gasteiger partial charge on any atom is -0.496 e. The number of hydrogen-bond acceptors (Lipinski definition) is 13. The van der Waals surface area contributed by atoms with Crippen molar-refractivity contribution in [3.05, 3.63) is 41.6 Å². The number of benzene rings is 1. The average molecular weight is 744 g/mol. The molecule has 1 saturated heterocycles. The second-order valence-electron chi connectivity index (χ2n) is 12.8. The van der Waals surface area contributed by atoms with E-state index in [-0.39, 0.29) is 24.9 Å². The Hall–Kier alpha value is -4.16. The third-order valence-corrected chi connectivity index (χ3v) is 10.1. The molecule has 1 aliphatic heterocycles. The second-order valence-corrected chi connectivity index (χ2v) is 14.0. The highest BCUT2D eigenvalue weighted by molar-refractivity contribution is 8.00. The van der Waals surface area contributed by atoms with Crippen molar-refractivity contribution < 1.29 is 34.1 Å². The van der Waals surface area contributed by atoms with Crippen LogP contribution in [0.4, 0.5) is 11.8 Å². The number of fused-ring (bicyclic) bond motifs is 1. The van der Waals surface area contributed by atoms with Gasteiger partial charge in [-0.25, -0.2) is 4.98 Å². The molecule has 17 heteroatoms. The van der Waals surface area contributed by atoms with Gasteiger partial charge in [0.15, 0.2) is 5.82 Å². The number of piperazine rings is 1. The molecule has 4 rings (SSSR count). The maximum atomic E-state index is 12.5. The third kappa shape index (κ3) is 12.5. The molecule has 2 aromatic heterocycles. The van der Waals surface area contributed by atoms with Crippen LogP contribution in [-0.4, -0.2) is 136 Å². The van der Waals surface area contributed by atoms with E-state index in [1.807, 2.05) is 12.3 Å².